The van der Waals surface area contributed by atoms with Gasteiger partial charge in [-0.3, -0.25) is 4.98 Å². The topological polar surface area (TPSA) is 53.6 Å². The van der Waals surface area contributed by atoms with Crippen LogP contribution in [0.5, 0.6) is 0 Å². The molecule has 0 unspecified atom stereocenters. The van der Waals surface area contributed by atoms with Gasteiger partial charge in [-0.2, -0.15) is 0 Å². The third-order valence-electron chi connectivity index (χ3n) is 2.63. The summed E-state index contributed by atoms with van der Waals surface area (Å²) in [5, 5.41) is 3.29. The molecule has 0 saturated heterocycles. The number of rotatable bonds is 3. The predicted molar refractivity (Wildman–Crippen MR) is 75.4 cm³/mol. The lowest BCUT2D eigenvalue weighted by Gasteiger charge is -2.02. The minimum Gasteiger partial charge on any atom is -0.378 e. The maximum Gasteiger partial charge on any atom is 0.126 e. The van der Waals surface area contributed by atoms with Gasteiger partial charge >= 0.3 is 0 Å². The van der Waals surface area contributed by atoms with E-state index in [1.165, 1.54) is 0 Å². The van der Waals surface area contributed by atoms with Crippen molar-refractivity contribution in [2.75, 3.05) is 5.32 Å². The van der Waals surface area contributed by atoms with Crippen molar-refractivity contribution < 1.29 is 0 Å². The lowest BCUT2D eigenvalue weighted by Crippen LogP contribution is -2.00. The first-order chi connectivity index (χ1) is 8.81. The number of aromatic amines is 1. The van der Waals surface area contributed by atoms with Crippen molar-refractivity contribution in [3.8, 4) is 0 Å². The Hall–Kier alpha value is -1.88. The molecule has 0 saturated carbocycles. The number of hydrogen-bond acceptors (Lipinski definition) is 3. The quantitative estimate of drug-likeness (QED) is 0.780. The fourth-order valence-corrected chi connectivity index (χ4v) is 2.12. The van der Waals surface area contributed by atoms with Gasteiger partial charge in [0, 0.05) is 22.6 Å². The molecule has 2 aromatic heterocycles. The van der Waals surface area contributed by atoms with Gasteiger partial charge in [0.2, 0.25) is 0 Å². The van der Waals surface area contributed by atoms with Gasteiger partial charge in [0.25, 0.3) is 0 Å². The van der Waals surface area contributed by atoms with Gasteiger partial charge in [0.05, 0.1) is 17.6 Å². The van der Waals surface area contributed by atoms with Crippen molar-refractivity contribution in [3.63, 3.8) is 0 Å². The van der Waals surface area contributed by atoms with Crippen LogP contribution in [-0.4, -0.2) is 15.0 Å². The number of H-pyrrole nitrogens is 1. The summed E-state index contributed by atoms with van der Waals surface area (Å²) in [5.41, 5.74) is 3.05. The highest BCUT2D eigenvalue weighted by Gasteiger charge is 2.02. The molecule has 0 spiro atoms. The first-order valence-corrected chi connectivity index (χ1v) is 6.38. The summed E-state index contributed by atoms with van der Waals surface area (Å²) in [6, 6.07) is 9.88. The van der Waals surface area contributed by atoms with Gasteiger partial charge < -0.3 is 10.3 Å². The number of anilines is 1. The molecule has 0 radical (unpaired) electrons. The molecule has 90 valence electrons. The van der Waals surface area contributed by atoms with E-state index in [4.69, 9.17) is 0 Å². The predicted octanol–water partition coefficient (Wildman–Crippen LogP) is 3.33. The molecule has 0 aliphatic rings. The Morgan fingerprint density at radius 3 is 2.83 bits per heavy atom. The molecule has 18 heavy (non-hydrogen) atoms. The highest BCUT2D eigenvalue weighted by molar-refractivity contribution is 9.10. The molecule has 2 N–H and O–H groups in total. The molecule has 0 amide bonds. The number of imidazole rings is 1. The van der Waals surface area contributed by atoms with Crippen molar-refractivity contribution in [2.45, 2.75) is 6.54 Å². The van der Waals surface area contributed by atoms with Crippen molar-refractivity contribution >= 4 is 32.7 Å². The lowest BCUT2D eigenvalue weighted by molar-refractivity contribution is 1.01. The number of aromatic nitrogens is 3. The monoisotopic (exact) mass is 302 g/mol. The van der Waals surface area contributed by atoms with Crippen LogP contribution in [0.2, 0.25) is 0 Å². The van der Waals surface area contributed by atoms with Crippen molar-refractivity contribution in [2.24, 2.45) is 0 Å². The van der Waals surface area contributed by atoms with Crippen LogP contribution in [0.15, 0.2) is 47.2 Å². The SMILES string of the molecule is Brc1ccc2[nH]c(CNc3ccncc3)nc2c1. The normalized spacial score (nSPS) is 10.7. The van der Waals surface area contributed by atoms with Gasteiger partial charge in [-0.1, -0.05) is 15.9 Å². The van der Waals surface area contributed by atoms with E-state index < -0.39 is 0 Å². The minimum absolute atomic E-state index is 0.663. The molecule has 0 bridgehead atoms. The van der Waals surface area contributed by atoms with E-state index in [0.29, 0.717) is 6.54 Å². The zero-order chi connectivity index (χ0) is 12.4. The first-order valence-electron chi connectivity index (χ1n) is 5.59. The second-order valence-electron chi connectivity index (χ2n) is 3.93. The third kappa shape index (κ3) is 2.36. The Bertz CT molecular complexity index is 663. The number of halogens is 1. The van der Waals surface area contributed by atoms with E-state index in [-0.39, 0.29) is 0 Å². The fraction of sp³-hybridized carbons (Fsp3) is 0.0769. The van der Waals surface area contributed by atoms with Crippen molar-refractivity contribution in [1.29, 1.82) is 0 Å². The molecule has 2 heterocycles. The average Bonchev–Trinajstić information content (AvgIpc) is 2.79. The van der Waals surface area contributed by atoms with Crippen LogP contribution in [0.25, 0.3) is 11.0 Å². The fourth-order valence-electron chi connectivity index (χ4n) is 1.77. The Balaban J connectivity index is 1.79. The first kappa shape index (κ1) is 11.2. The number of nitrogens with one attached hydrogen (secondary N) is 2. The number of nitrogens with zero attached hydrogens (tertiary/aromatic N) is 2. The number of benzene rings is 1. The molecular formula is C13H11BrN4. The Labute approximate surface area is 113 Å². The second-order valence-corrected chi connectivity index (χ2v) is 4.85. The van der Waals surface area contributed by atoms with Gasteiger partial charge in [0.1, 0.15) is 5.82 Å². The van der Waals surface area contributed by atoms with E-state index in [1.54, 1.807) is 12.4 Å². The van der Waals surface area contributed by atoms with Crippen LogP contribution >= 0.6 is 15.9 Å². The molecule has 1 aromatic carbocycles. The van der Waals surface area contributed by atoms with E-state index in [0.717, 1.165) is 27.0 Å². The molecule has 0 aliphatic heterocycles. The summed E-state index contributed by atoms with van der Waals surface area (Å²) < 4.78 is 1.04. The number of fused-ring (bicyclic) bond motifs is 1. The molecule has 3 aromatic rings. The standard InChI is InChI=1S/C13H11BrN4/c14-9-1-2-11-12(7-9)18-13(17-11)8-16-10-3-5-15-6-4-10/h1-7H,8H2,(H,15,16)(H,17,18). The third-order valence-corrected chi connectivity index (χ3v) is 3.13. The van der Waals surface area contributed by atoms with Crippen LogP contribution in [0.1, 0.15) is 5.82 Å². The van der Waals surface area contributed by atoms with Gasteiger partial charge in [-0.25, -0.2) is 4.98 Å². The average molecular weight is 303 g/mol. The van der Waals surface area contributed by atoms with Crippen LogP contribution < -0.4 is 5.32 Å². The zero-order valence-electron chi connectivity index (χ0n) is 9.52. The second kappa shape index (κ2) is 4.78. The summed E-state index contributed by atoms with van der Waals surface area (Å²) in [6.07, 6.45) is 3.52. The number of hydrogen-bond donors (Lipinski definition) is 2. The molecular weight excluding hydrogens is 292 g/mol. The maximum absolute atomic E-state index is 4.52. The molecule has 0 atom stereocenters. The molecule has 5 heteroatoms. The largest absolute Gasteiger partial charge is 0.378 e. The number of pyridine rings is 1. The smallest absolute Gasteiger partial charge is 0.126 e. The summed E-state index contributed by atoms with van der Waals surface area (Å²) >= 11 is 3.44. The Morgan fingerprint density at radius 1 is 1.17 bits per heavy atom. The van der Waals surface area contributed by atoms with Gasteiger partial charge in [-0.15, -0.1) is 0 Å². The Morgan fingerprint density at radius 2 is 2.00 bits per heavy atom. The summed E-state index contributed by atoms with van der Waals surface area (Å²) in [5.74, 6) is 0.917. The molecule has 4 nitrogen and oxygen atoms in total. The Kier molecular flexibility index (Phi) is 2.98. The summed E-state index contributed by atoms with van der Waals surface area (Å²) in [6.45, 7) is 0.663. The van der Waals surface area contributed by atoms with E-state index in [2.05, 4.69) is 36.2 Å². The highest BCUT2D eigenvalue weighted by Crippen LogP contribution is 2.18. The summed E-state index contributed by atoms with van der Waals surface area (Å²) in [4.78, 5) is 11.8. The van der Waals surface area contributed by atoms with Crippen LogP contribution in [-0.2, 0) is 6.54 Å². The van der Waals surface area contributed by atoms with E-state index in [1.807, 2.05) is 30.3 Å². The van der Waals surface area contributed by atoms with Crippen LogP contribution in [0.3, 0.4) is 0 Å². The lowest BCUT2D eigenvalue weighted by atomic mass is 10.3. The van der Waals surface area contributed by atoms with Gasteiger partial charge in [-0.05, 0) is 30.3 Å². The molecule has 3 rings (SSSR count). The van der Waals surface area contributed by atoms with Crippen LogP contribution in [0, 0.1) is 0 Å². The maximum atomic E-state index is 4.52. The highest BCUT2D eigenvalue weighted by atomic mass is 79.9. The summed E-state index contributed by atoms with van der Waals surface area (Å²) in [7, 11) is 0. The van der Waals surface area contributed by atoms with E-state index in [9.17, 15) is 0 Å². The minimum atomic E-state index is 0.663. The van der Waals surface area contributed by atoms with Crippen molar-refractivity contribution in [1.82, 2.24) is 15.0 Å². The van der Waals surface area contributed by atoms with Gasteiger partial charge in [0.15, 0.2) is 0 Å². The molecule has 0 aliphatic carbocycles. The van der Waals surface area contributed by atoms with Crippen molar-refractivity contribution in [3.05, 3.63) is 53.0 Å². The van der Waals surface area contributed by atoms with Crippen LogP contribution in [0.4, 0.5) is 5.69 Å². The van der Waals surface area contributed by atoms with E-state index >= 15 is 0 Å². The zero-order valence-corrected chi connectivity index (χ0v) is 11.1. The molecule has 0 fully saturated rings.